The highest BCUT2D eigenvalue weighted by atomic mass is 79.9. The molecule has 0 amide bonds. The van der Waals surface area contributed by atoms with E-state index in [0.29, 0.717) is 11.7 Å². The predicted octanol–water partition coefficient (Wildman–Crippen LogP) is 3.70. The van der Waals surface area contributed by atoms with Crippen molar-refractivity contribution in [1.29, 1.82) is 0 Å². The van der Waals surface area contributed by atoms with Gasteiger partial charge in [-0.1, -0.05) is 29.8 Å². The Morgan fingerprint density at radius 3 is 2.33 bits per heavy atom. The lowest BCUT2D eigenvalue weighted by Gasteiger charge is -2.20. The van der Waals surface area contributed by atoms with Crippen molar-refractivity contribution in [3.63, 3.8) is 0 Å². The summed E-state index contributed by atoms with van der Waals surface area (Å²) in [7, 11) is 0. The minimum atomic E-state index is -0.439. The fourth-order valence-electron chi connectivity index (χ4n) is 1.54. The lowest BCUT2D eigenvalue weighted by atomic mass is 10.0. The van der Waals surface area contributed by atoms with E-state index in [1.54, 1.807) is 11.8 Å². The summed E-state index contributed by atoms with van der Waals surface area (Å²) in [6, 6.07) is 7.95. The maximum atomic E-state index is 9.93. The average molecular weight is 355 g/mol. The van der Waals surface area contributed by atoms with Crippen LogP contribution in [0.2, 0.25) is 0 Å². The van der Waals surface area contributed by atoms with Crippen molar-refractivity contribution in [3.8, 4) is 0 Å². The smallest absolute Gasteiger partial charge is 0.0784 e. The molecule has 3 N–H and O–H groups in total. The van der Waals surface area contributed by atoms with Crippen LogP contribution in [0, 0.1) is 5.92 Å². The van der Waals surface area contributed by atoms with Crippen LogP contribution < -0.4 is 5.73 Å². The highest BCUT2D eigenvalue weighted by Gasteiger charge is 2.16. The van der Waals surface area contributed by atoms with E-state index in [9.17, 15) is 5.11 Å². The number of hydrogen-bond acceptors (Lipinski definition) is 3. The van der Waals surface area contributed by atoms with Crippen molar-refractivity contribution < 1.29 is 5.11 Å². The molecule has 0 radical (unpaired) electrons. The number of thioether (sulfide) groups is 1. The first-order valence-corrected chi connectivity index (χ1v) is 7.59. The Morgan fingerprint density at radius 1 is 1.28 bits per heavy atom. The molecule has 2 nitrogen and oxygen atoms in total. The zero-order valence-corrected chi connectivity index (χ0v) is 13.9. The molecule has 1 aromatic carbocycles. The summed E-state index contributed by atoms with van der Waals surface area (Å²) in [6.45, 7) is 4.24. The lowest BCUT2D eigenvalue weighted by molar-refractivity contribution is 0.157. The fourth-order valence-corrected chi connectivity index (χ4v) is 2.74. The molecule has 2 unspecified atom stereocenters. The van der Waals surface area contributed by atoms with Crippen LogP contribution >= 0.6 is 40.1 Å². The first-order valence-electron chi connectivity index (χ1n) is 5.81. The number of benzene rings is 1. The molecule has 0 fully saturated rings. The predicted molar refractivity (Wildman–Crippen MR) is 85.6 cm³/mol. The summed E-state index contributed by atoms with van der Waals surface area (Å²) in [5.41, 5.74) is 5.94. The Morgan fingerprint density at radius 2 is 1.83 bits per heavy atom. The van der Waals surface area contributed by atoms with Crippen molar-refractivity contribution in [2.24, 2.45) is 11.7 Å². The van der Waals surface area contributed by atoms with Crippen molar-refractivity contribution in [1.82, 2.24) is 0 Å². The summed E-state index contributed by atoms with van der Waals surface area (Å²) in [5.74, 6) is 1.17. The van der Waals surface area contributed by atoms with Crippen LogP contribution in [-0.2, 0) is 0 Å². The van der Waals surface area contributed by atoms with Crippen molar-refractivity contribution >= 4 is 40.1 Å². The van der Waals surface area contributed by atoms with E-state index < -0.39 is 6.10 Å². The SMILES string of the molecule is CC(C)CC(N)C(O)CSc1ccc(Br)cc1.Cl. The highest BCUT2D eigenvalue weighted by molar-refractivity contribution is 9.10. The van der Waals surface area contributed by atoms with E-state index in [2.05, 4.69) is 29.8 Å². The van der Waals surface area contributed by atoms with Gasteiger partial charge in [0.25, 0.3) is 0 Å². The molecule has 0 saturated heterocycles. The van der Waals surface area contributed by atoms with Crippen LogP contribution in [0.25, 0.3) is 0 Å². The minimum absolute atomic E-state index is 0. The monoisotopic (exact) mass is 353 g/mol. The Hall–Kier alpha value is 0.260. The van der Waals surface area contributed by atoms with Gasteiger partial charge in [0.2, 0.25) is 0 Å². The molecule has 0 spiro atoms. The fraction of sp³-hybridized carbons (Fsp3) is 0.538. The summed E-state index contributed by atoms with van der Waals surface area (Å²) in [5, 5.41) is 9.93. The number of aliphatic hydroxyl groups is 1. The second-order valence-corrected chi connectivity index (χ2v) is 6.63. The lowest BCUT2D eigenvalue weighted by Crippen LogP contribution is -2.37. The Labute approximate surface area is 128 Å². The molecule has 0 bridgehead atoms. The molecule has 104 valence electrons. The van der Waals surface area contributed by atoms with Crippen LogP contribution in [0.1, 0.15) is 20.3 Å². The summed E-state index contributed by atoms with van der Waals surface area (Å²) in [6.07, 6.45) is 0.424. The van der Waals surface area contributed by atoms with Gasteiger partial charge in [-0.15, -0.1) is 24.2 Å². The van der Waals surface area contributed by atoms with E-state index in [-0.39, 0.29) is 18.4 Å². The van der Waals surface area contributed by atoms with Gasteiger partial charge in [-0.2, -0.15) is 0 Å². The highest BCUT2D eigenvalue weighted by Crippen LogP contribution is 2.22. The van der Waals surface area contributed by atoms with Gasteiger partial charge >= 0.3 is 0 Å². The van der Waals surface area contributed by atoms with E-state index >= 15 is 0 Å². The molecule has 0 aliphatic heterocycles. The number of hydrogen-bond donors (Lipinski definition) is 2. The van der Waals surface area contributed by atoms with E-state index in [1.807, 2.05) is 24.3 Å². The average Bonchev–Trinajstić information content (AvgIpc) is 2.27. The van der Waals surface area contributed by atoms with Gasteiger partial charge in [-0.05, 0) is 36.6 Å². The zero-order valence-electron chi connectivity index (χ0n) is 10.7. The van der Waals surface area contributed by atoms with Gasteiger partial charge in [-0.3, -0.25) is 0 Å². The summed E-state index contributed by atoms with van der Waals surface area (Å²) >= 11 is 5.04. The molecule has 0 saturated carbocycles. The maximum Gasteiger partial charge on any atom is 0.0784 e. The quantitative estimate of drug-likeness (QED) is 0.766. The molecule has 5 heteroatoms. The molecule has 2 atom stereocenters. The van der Waals surface area contributed by atoms with Crippen LogP contribution in [0.4, 0.5) is 0 Å². The molecule has 0 aromatic heterocycles. The van der Waals surface area contributed by atoms with Crippen LogP contribution in [-0.4, -0.2) is 23.0 Å². The van der Waals surface area contributed by atoms with E-state index in [4.69, 9.17) is 5.73 Å². The molecule has 0 aliphatic rings. The molecule has 1 aromatic rings. The van der Waals surface area contributed by atoms with Crippen molar-refractivity contribution in [2.45, 2.75) is 37.3 Å². The van der Waals surface area contributed by atoms with E-state index in [1.165, 1.54) is 0 Å². The van der Waals surface area contributed by atoms with Crippen LogP contribution in [0.3, 0.4) is 0 Å². The molecule has 0 heterocycles. The Bertz CT molecular complexity index is 334. The molecule has 18 heavy (non-hydrogen) atoms. The topological polar surface area (TPSA) is 46.2 Å². The standard InChI is InChI=1S/C13H20BrNOS.ClH/c1-9(2)7-12(15)13(16)8-17-11-5-3-10(14)4-6-11;/h3-6,9,12-13,16H,7-8,15H2,1-2H3;1H. The summed E-state index contributed by atoms with van der Waals surface area (Å²) in [4.78, 5) is 1.16. The first kappa shape index (κ1) is 18.3. The van der Waals surface area contributed by atoms with Crippen LogP contribution in [0.5, 0.6) is 0 Å². The first-order chi connectivity index (χ1) is 7.99. The molecule has 0 aliphatic carbocycles. The van der Waals surface area contributed by atoms with E-state index in [0.717, 1.165) is 15.8 Å². The number of halogens is 2. The minimum Gasteiger partial charge on any atom is -0.391 e. The Balaban J connectivity index is 0.00000289. The molecular weight excluding hydrogens is 334 g/mol. The van der Waals surface area contributed by atoms with Crippen molar-refractivity contribution in [3.05, 3.63) is 28.7 Å². The normalized spacial score (nSPS) is 14.1. The van der Waals surface area contributed by atoms with Crippen LogP contribution in [0.15, 0.2) is 33.6 Å². The van der Waals surface area contributed by atoms with Gasteiger partial charge in [0.05, 0.1) is 6.10 Å². The zero-order chi connectivity index (χ0) is 12.8. The maximum absolute atomic E-state index is 9.93. The molecular formula is C13H21BrClNOS. The van der Waals surface area contributed by atoms with Gasteiger partial charge in [0, 0.05) is 21.2 Å². The second kappa shape index (κ2) is 9.21. The third kappa shape index (κ3) is 7.00. The van der Waals surface area contributed by atoms with Gasteiger partial charge in [0.1, 0.15) is 0 Å². The molecule has 1 rings (SSSR count). The Kier molecular flexibility index (Phi) is 9.34. The van der Waals surface area contributed by atoms with Crippen molar-refractivity contribution in [2.75, 3.05) is 5.75 Å². The third-order valence-corrected chi connectivity index (χ3v) is 4.11. The van der Waals surface area contributed by atoms with Gasteiger partial charge < -0.3 is 10.8 Å². The number of aliphatic hydroxyl groups excluding tert-OH is 1. The van der Waals surface area contributed by atoms with Gasteiger partial charge in [0.15, 0.2) is 0 Å². The van der Waals surface area contributed by atoms with Gasteiger partial charge in [-0.25, -0.2) is 0 Å². The number of nitrogens with two attached hydrogens (primary N) is 1. The third-order valence-electron chi connectivity index (χ3n) is 2.47. The second-order valence-electron chi connectivity index (χ2n) is 4.63. The number of rotatable bonds is 6. The largest absolute Gasteiger partial charge is 0.391 e. The summed E-state index contributed by atoms with van der Waals surface area (Å²) < 4.78 is 1.07.